The molecule has 0 bridgehead atoms. The van der Waals surface area contributed by atoms with Crippen molar-refractivity contribution in [1.82, 2.24) is 9.97 Å². The number of anilines is 2. The Kier molecular flexibility index (Phi) is 4.83. The van der Waals surface area contributed by atoms with Crippen molar-refractivity contribution in [2.45, 2.75) is 0 Å². The van der Waals surface area contributed by atoms with Gasteiger partial charge in [0.1, 0.15) is 6.33 Å². The number of nitrogen functional groups attached to an aromatic ring is 1. The summed E-state index contributed by atoms with van der Waals surface area (Å²) in [7, 11) is 1.37. The van der Waals surface area contributed by atoms with Gasteiger partial charge < -0.3 is 26.5 Å². The molecule has 0 radical (unpaired) electrons. The number of hydrogen-bond donors (Lipinski definition) is 4. The summed E-state index contributed by atoms with van der Waals surface area (Å²) in [5, 5.41) is 0. The van der Waals surface area contributed by atoms with Crippen LogP contribution in [0.5, 0.6) is 5.75 Å². The fraction of sp³-hybridized carbons (Fsp3) is 0.333. The number of hydrogen-bond acceptors (Lipinski definition) is 8. The van der Waals surface area contributed by atoms with Gasteiger partial charge in [-0.15, -0.1) is 0 Å². The molecular weight excluding hydrogens is 254 g/mol. The van der Waals surface area contributed by atoms with Crippen molar-refractivity contribution in [2.24, 2.45) is 17.3 Å². The van der Waals surface area contributed by atoms with Crippen LogP contribution >= 0.6 is 0 Å². The highest BCUT2D eigenvalue weighted by molar-refractivity contribution is 5.85. The van der Waals surface area contributed by atoms with Crippen molar-refractivity contribution in [3.05, 3.63) is 6.33 Å². The number of nitrogens with one attached hydrogen (secondary N) is 1. The Bertz CT molecular complexity index is 463. The summed E-state index contributed by atoms with van der Waals surface area (Å²) in [4.78, 5) is 31.1. The van der Waals surface area contributed by atoms with Gasteiger partial charge >= 0.3 is 0 Å². The Morgan fingerprint density at radius 2 is 1.89 bits per heavy atom. The lowest BCUT2D eigenvalue weighted by atomic mass is 10.3. The fourth-order valence-electron chi connectivity index (χ4n) is 1.46. The monoisotopic (exact) mass is 269 g/mol. The third-order valence-electron chi connectivity index (χ3n) is 2.12. The molecule has 1 heterocycles. The first-order valence-electron chi connectivity index (χ1n) is 5.16. The van der Waals surface area contributed by atoms with Gasteiger partial charge in [-0.25, -0.2) is 15.8 Å². The average Bonchev–Trinajstić information content (AvgIpc) is 2.35. The zero-order chi connectivity index (χ0) is 14.4. The second-order valence-electron chi connectivity index (χ2n) is 3.51. The van der Waals surface area contributed by atoms with Crippen LogP contribution in [0.4, 0.5) is 11.6 Å². The number of aromatic nitrogens is 2. The molecule has 10 nitrogen and oxygen atoms in total. The minimum absolute atomic E-state index is 0.174. The Morgan fingerprint density at radius 1 is 1.32 bits per heavy atom. The third-order valence-corrected chi connectivity index (χ3v) is 2.12. The van der Waals surface area contributed by atoms with E-state index in [1.54, 1.807) is 0 Å². The Labute approximate surface area is 108 Å². The zero-order valence-corrected chi connectivity index (χ0v) is 10.3. The van der Waals surface area contributed by atoms with Gasteiger partial charge in [0.05, 0.1) is 20.2 Å². The molecule has 0 aliphatic rings. The largest absolute Gasteiger partial charge is 0.490 e. The molecule has 0 unspecified atom stereocenters. The van der Waals surface area contributed by atoms with Crippen molar-refractivity contribution < 1.29 is 14.3 Å². The predicted octanol–water partition coefficient (Wildman–Crippen LogP) is -2.45. The zero-order valence-electron chi connectivity index (χ0n) is 10.3. The summed E-state index contributed by atoms with van der Waals surface area (Å²) >= 11 is 0. The summed E-state index contributed by atoms with van der Waals surface area (Å²) in [6.45, 7) is -0.499. The number of carbonyl (C=O) groups is 2. The number of carbonyl (C=O) groups excluding carboxylic acids is 2. The number of amides is 2. The molecule has 0 atom stereocenters. The summed E-state index contributed by atoms with van der Waals surface area (Å²) in [5.74, 6) is 4.54. The fourth-order valence-corrected chi connectivity index (χ4v) is 1.46. The van der Waals surface area contributed by atoms with Crippen molar-refractivity contribution in [3.8, 4) is 5.75 Å². The van der Waals surface area contributed by atoms with Crippen LogP contribution in [0.15, 0.2) is 6.33 Å². The van der Waals surface area contributed by atoms with Crippen molar-refractivity contribution in [1.29, 1.82) is 0 Å². The van der Waals surface area contributed by atoms with E-state index in [0.717, 1.165) is 0 Å². The molecule has 0 saturated carbocycles. The molecule has 0 aliphatic heterocycles. The lowest BCUT2D eigenvalue weighted by Crippen LogP contribution is -2.40. The van der Waals surface area contributed by atoms with Crippen molar-refractivity contribution in [3.63, 3.8) is 0 Å². The van der Waals surface area contributed by atoms with Crippen LogP contribution in [0.1, 0.15) is 0 Å². The summed E-state index contributed by atoms with van der Waals surface area (Å²) in [6, 6.07) is 0. The molecule has 1 aromatic heterocycles. The Hall–Kier alpha value is -2.62. The molecule has 7 N–H and O–H groups in total. The van der Waals surface area contributed by atoms with Crippen LogP contribution in [-0.2, 0) is 9.59 Å². The van der Waals surface area contributed by atoms with E-state index in [2.05, 4.69) is 15.4 Å². The molecule has 104 valence electrons. The van der Waals surface area contributed by atoms with Gasteiger partial charge in [-0.3, -0.25) is 9.59 Å². The molecule has 1 rings (SSSR count). The van der Waals surface area contributed by atoms with E-state index in [4.69, 9.17) is 22.0 Å². The van der Waals surface area contributed by atoms with E-state index in [1.807, 2.05) is 0 Å². The van der Waals surface area contributed by atoms with Crippen LogP contribution in [0.2, 0.25) is 0 Å². The maximum Gasteiger partial charge on any atom is 0.237 e. The van der Waals surface area contributed by atoms with Crippen LogP contribution in [0.3, 0.4) is 0 Å². The maximum atomic E-state index is 11.0. The minimum Gasteiger partial charge on any atom is -0.490 e. The highest BCUT2D eigenvalue weighted by Gasteiger charge is 2.20. The van der Waals surface area contributed by atoms with E-state index in [-0.39, 0.29) is 30.5 Å². The summed E-state index contributed by atoms with van der Waals surface area (Å²) in [5.41, 5.74) is 12.5. The number of primary amides is 2. The van der Waals surface area contributed by atoms with E-state index < -0.39 is 11.8 Å². The maximum absolute atomic E-state index is 11.0. The first-order valence-corrected chi connectivity index (χ1v) is 5.16. The number of methoxy groups -OCH3 is 1. The normalized spacial score (nSPS) is 9.79. The molecule has 0 saturated heterocycles. The number of nitrogens with two attached hydrogens (primary N) is 3. The van der Waals surface area contributed by atoms with E-state index >= 15 is 0 Å². The van der Waals surface area contributed by atoms with Gasteiger partial charge in [-0.2, -0.15) is 0 Å². The van der Waals surface area contributed by atoms with Gasteiger partial charge in [0.2, 0.25) is 17.6 Å². The first-order chi connectivity index (χ1) is 8.99. The minimum atomic E-state index is -0.649. The number of ether oxygens (including phenoxy) is 1. The number of nitrogens with zero attached hydrogens (tertiary/aromatic N) is 3. The number of hydrazine groups is 1. The molecule has 0 fully saturated rings. The van der Waals surface area contributed by atoms with E-state index in [1.165, 1.54) is 18.3 Å². The molecule has 10 heteroatoms. The van der Waals surface area contributed by atoms with Crippen LogP contribution < -0.4 is 32.4 Å². The highest BCUT2D eigenvalue weighted by atomic mass is 16.5. The molecule has 19 heavy (non-hydrogen) atoms. The highest BCUT2D eigenvalue weighted by Crippen LogP contribution is 2.30. The molecule has 1 aromatic rings. The topological polar surface area (TPSA) is 162 Å². The standard InChI is InChI=1S/C9H15N7O3/c1-19-7-8(15-12)13-4-14-9(7)16(2-5(10)17)3-6(11)18/h4H,2-3,12H2,1H3,(H2,10,17)(H2,11,18)(H,13,14,15). The summed E-state index contributed by atoms with van der Waals surface area (Å²) < 4.78 is 5.10. The van der Waals surface area contributed by atoms with Crippen LogP contribution in [0, 0.1) is 0 Å². The summed E-state index contributed by atoms with van der Waals surface area (Å²) in [6.07, 6.45) is 1.20. The van der Waals surface area contributed by atoms with Crippen LogP contribution in [-0.4, -0.2) is 42.0 Å². The quantitative estimate of drug-likeness (QED) is 0.313. The van der Waals surface area contributed by atoms with Gasteiger partial charge in [-0.05, 0) is 0 Å². The van der Waals surface area contributed by atoms with Gasteiger partial charge in [-0.1, -0.05) is 0 Å². The molecule has 0 aromatic carbocycles. The predicted molar refractivity (Wildman–Crippen MR) is 67.0 cm³/mol. The Balaban J connectivity index is 3.20. The average molecular weight is 269 g/mol. The Morgan fingerprint density at radius 3 is 2.32 bits per heavy atom. The van der Waals surface area contributed by atoms with Crippen LogP contribution in [0.25, 0.3) is 0 Å². The smallest absolute Gasteiger partial charge is 0.237 e. The molecule has 2 amide bonds. The van der Waals surface area contributed by atoms with E-state index in [9.17, 15) is 9.59 Å². The molecular formula is C9H15N7O3. The first kappa shape index (κ1) is 14.4. The van der Waals surface area contributed by atoms with Crippen molar-refractivity contribution in [2.75, 3.05) is 30.5 Å². The van der Waals surface area contributed by atoms with Crippen molar-refractivity contribution >= 4 is 23.5 Å². The second kappa shape index (κ2) is 6.35. The lowest BCUT2D eigenvalue weighted by molar-refractivity contribution is -0.117. The van der Waals surface area contributed by atoms with Gasteiger partial charge in [0.15, 0.2) is 11.6 Å². The van der Waals surface area contributed by atoms with Gasteiger partial charge in [0.25, 0.3) is 0 Å². The number of rotatable bonds is 7. The molecule has 0 aliphatic carbocycles. The SMILES string of the molecule is COc1c(NN)ncnc1N(CC(N)=O)CC(N)=O. The van der Waals surface area contributed by atoms with E-state index in [0.29, 0.717) is 0 Å². The third kappa shape index (κ3) is 3.67. The van der Waals surface area contributed by atoms with Gasteiger partial charge in [0, 0.05) is 0 Å². The molecule has 0 spiro atoms. The lowest BCUT2D eigenvalue weighted by Gasteiger charge is -2.22. The second-order valence-corrected chi connectivity index (χ2v) is 3.51.